The highest BCUT2D eigenvalue weighted by atomic mass is 19.4. The van der Waals surface area contributed by atoms with Crippen LogP contribution in [-0.2, 0) is 6.18 Å². The van der Waals surface area contributed by atoms with E-state index in [9.17, 15) is 22.7 Å². The normalized spacial score (nSPS) is 19.4. The first-order valence-corrected chi connectivity index (χ1v) is 5.76. The van der Waals surface area contributed by atoms with Crippen molar-refractivity contribution in [3.63, 3.8) is 0 Å². The summed E-state index contributed by atoms with van der Waals surface area (Å²) in [5.41, 5.74) is -2.54. The summed E-state index contributed by atoms with van der Waals surface area (Å²) in [7, 11) is 0. The molecule has 2 nitrogen and oxygen atoms in total. The lowest BCUT2D eigenvalue weighted by Gasteiger charge is -2.39. The number of benzene rings is 1. The Bertz CT molecular complexity index is 528. The summed E-state index contributed by atoms with van der Waals surface area (Å²) in [6.07, 6.45) is -4.53. The highest BCUT2D eigenvalue weighted by molar-refractivity contribution is 5.31. The number of hydrogen-bond donors (Lipinski definition) is 1. The van der Waals surface area contributed by atoms with Crippen molar-refractivity contribution in [1.82, 2.24) is 0 Å². The van der Waals surface area contributed by atoms with Crippen LogP contribution in [0, 0.1) is 22.6 Å². The molecule has 1 aromatic carbocycles. The van der Waals surface area contributed by atoms with Crippen LogP contribution in [0.2, 0.25) is 0 Å². The third kappa shape index (κ3) is 2.30. The third-order valence-corrected chi connectivity index (χ3v) is 3.60. The van der Waals surface area contributed by atoms with E-state index in [1.54, 1.807) is 0 Å². The van der Waals surface area contributed by atoms with Gasteiger partial charge in [-0.25, -0.2) is 4.39 Å². The molecule has 0 spiro atoms. The van der Waals surface area contributed by atoms with Crippen molar-refractivity contribution >= 4 is 0 Å². The maximum Gasteiger partial charge on any atom is 0.419 e. The smallest absolute Gasteiger partial charge is 0.387 e. The van der Waals surface area contributed by atoms with Gasteiger partial charge in [0.25, 0.3) is 0 Å². The average Bonchev–Trinajstić information content (AvgIpc) is 2.27. The van der Waals surface area contributed by atoms with Gasteiger partial charge in [-0.2, -0.15) is 18.4 Å². The number of nitrogens with zero attached hydrogens (tertiary/aromatic N) is 1. The van der Waals surface area contributed by atoms with Crippen LogP contribution < -0.4 is 0 Å². The van der Waals surface area contributed by atoms with Gasteiger partial charge in [-0.05, 0) is 30.5 Å². The van der Waals surface area contributed by atoms with Crippen LogP contribution >= 0.6 is 0 Å². The maximum atomic E-state index is 13.1. The van der Waals surface area contributed by atoms with Crippen molar-refractivity contribution < 1.29 is 22.7 Å². The van der Waals surface area contributed by atoms with Crippen molar-refractivity contribution in [2.45, 2.75) is 31.5 Å². The van der Waals surface area contributed by atoms with E-state index in [0.717, 1.165) is 12.5 Å². The van der Waals surface area contributed by atoms with Gasteiger partial charge in [-0.3, -0.25) is 0 Å². The van der Waals surface area contributed by atoms with Crippen molar-refractivity contribution in [1.29, 1.82) is 5.26 Å². The molecule has 0 heterocycles. The molecule has 1 fully saturated rings. The molecule has 1 atom stereocenters. The molecule has 0 saturated heterocycles. The third-order valence-electron chi connectivity index (χ3n) is 3.60. The van der Waals surface area contributed by atoms with Gasteiger partial charge in [0.15, 0.2) is 0 Å². The van der Waals surface area contributed by atoms with E-state index in [2.05, 4.69) is 0 Å². The van der Waals surface area contributed by atoms with Crippen LogP contribution in [0.15, 0.2) is 18.2 Å². The lowest BCUT2D eigenvalue weighted by molar-refractivity contribution is -0.140. The molecule has 0 bridgehead atoms. The number of alkyl halides is 3. The van der Waals surface area contributed by atoms with Gasteiger partial charge in [0.05, 0.1) is 23.2 Å². The monoisotopic (exact) mass is 273 g/mol. The molecule has 0 radical (unpaired) electrons. The summed E-state index contributed by atoms with van der Waals surface area (Å²) in [5, 5.41) is 19.1. The molecule has 0 amide bonds. The van der Waals surface area contributed by atoms with Crippen LogP contribution in [0.4, 0.5) is 17.6 Å². The summed E-state index contributed by atoms with van der Waals surface area (Å²) >= 11 is 0. The van der Waals surface area contributed by atoms with Crippen LogP contribution in [0.3, 0.4) is 0 Å². The number of nitriles is 1. The number of aliphatic hydroxyl groups is 1. The predicted octanol–water partition coefficient (Wildman–Crippen LogP) is 3.57. The molecular weight excluding hydrogens is 262 g/mol. The minimum Gasteiger partial charge on any atom is -0.387 e. The lowest BCUT2D eigenvalue weighted by atomic mass is 9.64. The van der Waals surface area contributed by atoms with Crippen molar-refractivity contribution in [2.24, 2.45) is 5.41 Å². The Morgan fingerprint density at radius 1 is 1.32 bits per heavy atom. The zero-order valence-electron chi connectivity index (χ0n) is 9.84. The standard InChI is InChI=1S/C13H11F4NO/c14-10-3-2-8(6-9(10)13(15,16)17)11(19)12(7-18)4-1-5-12/h2-3,6,11,19H,1,4-5H2. The highest BCUT2D eigenvalue weighted by Crippen LogP contribution is 2.50. The number of aliphatic hydroxyl groups excluding tert-OH is 1. The fourth-order valence-electron chi connectivity index (χ4n) is 2.25. The first kappa shape index (κ1) is 13.8. The maximum absolute atomic E-state index is 13.1. The summed E-state index contributed by atoms with van der Waals surface area (Å²) in [6.45, 7) is 0. The van der Waals surface area contributed by atoms with Crippen molar-refractivity contribution in [2.75, 3.05) is 0 Å². The van der Waals surface area contributed by atoms with Crippen LogP contribution in [0.25, 0.3) is 0 Å². The molecule has 102 valence electrons. The van der Waals surface area contributed by atoms with Crippen LogP contribution in [0.5, 0.6) is 0 Å². The first-order chi connectivity index (χ1) is 8.80. The molecule has 1 unspecified atom stereocenters. The van der Waals surface area contributed by atoms with Crippen LogP contribution in [0.1, 0.15) is 36.5 Å². The van der Waals surface area contributed by atoms with E-state index in [4.69, 9.17) is 5.26 Å². The van der Waals surface area contributed by atoms with Gasteiger partial charge in [0, 0.05) is 0 Å². The second kappa shape index (κ2) is 4.49. The Labute approximate surface area is 107 Å². The highest BCUT2D eigenvalue weighted by Gasteiger charge is 2.45. The summed E-state index contributed by atoms with van der Waals surface area (Å²) in [6, 6.07) is 4.30. The van der Waals surface area contributed by atoms with E-state index in [1.807, 2.05) is 6.07 Å². The van der Waals surface area contributed by atoms with Crippen molar-refractivity contribution in [3.8, 4) is 6.07 Å². The Balaban J connectivity index is 2.39. The predicted molar refractivity (Wildman–Crippen MR) is 58.3 cm³/mol. The second-order valence-corrected chi connectivity index (χ2v) is 4.76. The molecule has 0 aromatic heterocycles. The largest absolute Gasteiger partial charge is 0.419 e. The zero-order chi connectivity index (χ0) is 14.3. The van der Waals surface area contributed by atoms with Gasteiger partial charge in [0.1, 0.15) is 5.82 Å². The van der Waals surface area contributed by atoms with Gasteiger partial charge in [-0.15, -0.1) is 0 Å². The Hall–Kier alpha value is -1.61. The lowest BCUT2D eigenvalue weighted by Crippen LogP contribution is -2.34. The fraction of sp³-hybridized carbons (Fsp3) is 0.462. The Morgan fingerprint density at radius 3 is 2.37 bits per heavy atom. The number of rotatable bonds is 2. The zero-order valence-corrected chi connectivity index (χ0v) is 9.84. The number of halogens is 4. The fourth-order valence-corrected chi connectivity index (χ4v) is 2.25. The van der Waals surface area contributed by atoms with Gasteiger partial charge < -0.3 is 5.11 Å². The quantitative estimate of drug-likeness (QED) is 0.837. The SMILES string of the molecule is N#CC1(C(O)c2ccc(F)c(C(F)(F)F)c2)CCC1. The molecule has 6 heteroatoms. The van der Waals surface area contributed by atoms with Gasteiger partial charge >= 0.3 is 6.18 Å². The molecule has 1 N–H and O–H groups in total. The van der Waals surface area contributed by atoms with E-state index in [0.29, 0.717) is 25.0 Å². The first-order valence-electron chi connectivity index (χ1n) is 5.76. The van der Waals surface area contributed by atoms with E-state index >= 15 is 0 Å². The second-order valence-electron chi connectivity index (χ2n) is 4.76. The molecular formula is C13H11F4NO. The minimum atomic E-state index is -4.82. The summed E-state index contributed by atoms with van der Waals surface area (Å²) < 4.78 is 50.9. The Morgan fingerprint density at radius 2 is 1.95 bits per heavy atom. The topological polar surface area (TPSA) is 44.0 Å². The van der Waals surface area contributed by atoms with Crippen LogP contribution in [-0.4, -0.2) is 5.11 Å². The molecule has 1 aromatic rings. The Kier molecular flexibility index (Phi) is 3.27. The molecule has 0 aliphatic heterocycles. The van der Waals surface area contributed by atoms with E-state index in [1.165, 1.54) is 0 Å². The molecule has 1 saturated carbocycles. The molecule has 2 rings (SSSR count). The average molecular weight is 273 g/mol. The summed E-state index contributed by atoms with van der Waals surface area (Å²) in [5.74, 6) is -1.39. The minimum absolute atomic E-state index is 0.0741. The molecule has 1 aliphatic carbocycles. The molecule has 19 heavy (non-hydrogen) atoms. The van der Waals surface area contributed by atoms with E-state index < -0.39 is 29.1 Å². The van der Waals surface area contributed by atoms with Gasteiger partial charge in [0.2, 0.25) is 0 Å². The van der Waals surface area contributed by atoms with Crippen molar-refractivity contribution in [3.05, 3.63) is 35.1 Å². The van der Waals surface area contributed by atoms with Gasteiger partial charge in [-0.1, -0.05) is 12.5 Å². The molecule has 1 aliphatic rings. The van der Waals surface area contributed by atoms with E-state index in [-0.39, 0.29) is 5.56 Å². The summed E-state index contributed by atoms with van der Waals surface area (Å²) in [4.78, 5) is 0. The number of hydrogen-bond acceptors (Lipinski definition) is 2.